The van der Waals surface area contributed by atoms with Gasteiger partial charge in [0.2, 0.25) is 0 Å². The maximum Gasteiger partial charge on any atom is 0.320 e. The van der Waals surface area contributed by atoms with Crippen molar-refractivity contribution in [3.05, 3.63) is 0 Å². The van der Waals surface area contributed by atoms with Gasteiger partial charge in [-0.2, -0.15) is 0 Å². The Morgan fingerprint density at radius 3 is 2.42 bits per heavy atom. The van der Waals surface area contributed by atoms with Crippen molar-refractivity contribution in [2.75, 3.05) is 39.5 Å². The number of carbonyl (C=O) groups is 2. The molecule has 0 spiro atoms. The smallest absolute Gasteiger partial charge is 0.320 e. The van der Waals surface area contributed by atoms with Crippen LogP contribution in [0.1, 0.15) is 13.3 Å². The van der Waals surface area contributed by atoms with Crippen LogP contribution in [0.4, 0.5) is 4.79 Å². The van der Waals surface area contributed by atoms with Gasteiger partial charge in [-0.1, -0.05) is 0 Å². The summed E-state index contributed by atoms with van der Waals surface area (Å²) in [5, 5.41) is 8.90. The Balaban J connectivity index is 2.03. The molecule has 2 saturated heterocycles. The number of ether oxygens (including phenoxy) is 2. The zero-order valence-corrected chi connectivity index (χ0v) is 11.1. The SMILES string of the molecule is CC1COCCN1C(=O)N1CCOCC1CC(=O)O. The van der Waals surface area contributed by atoms with E-state index >= 15 is 0 Å². The fourth-order valence-corrected chi connectivity index (χ4v) is 2.45. The van der Waals surface area contributed by atoms with E-state index in [1.54, 1.807) is 9.80 Å². The Bertz CT molecular complexity index is 349. The molecule has 0 aromatic heterocycles. The molecule has 2 aliphatic heterocycles. The first kappa shape index (κ1) is 14.1. The van der Waals surface area contributed by atoms with E-state index in [1.165, 1.54) is 0 Å². The number of rotatable bonds is 2. The van der Waals surface area contributed by atoms with Gasteiger partial charge in [0.25, 0.3) is 0 Å². The third-order valence-electron chi connectivity index (χ3n) is 3.50. The number of hydrogen-bond donors (Lipinski definition) is 1. The lowest BCUT2D eigenvalue weighted by Gasteiger charge is -2.41. The molecule has 108 valence electrons. The average molecular weight is 272 g/mol. The lowest BCUT2D eigenvalue weighted by Crippen LogP contribution is -2.58. The summed E-state index contributed by atoms with van der Waals surface area (Å²) in [5.74, 6) is -0.914. The van der Waals surface area contributed by atoms with Gasteiger partial charge in [-0.15, -0.1) is 0 Å². The molecule has 2 heterocycles. The number of urea groups is 1. The van der Waals surface area contributed by atoms with Crippen LogP contribution < -0.4 is 0 Å². The van der Waals surface area contributed by atoms with Crippen LogP contribution in [-0.4, -0.2) is 78.5 Å². The molecule has 0 radical (unpaired) electrons. The zero-order valence-electron chi connectivity index (χ0n) is 11.1. The van der Waals surface area contributed by atoms with Crippen molar-refractivity contribution < 1.29 is 24.2 Å². The van der Waals surface area contributed by atoms with Crippen LogP contribution in [-0.2, 0) is 14.3 Å². The Kier molecular flexibility index (Phi) is 4.60. The van der Waals surface area contributed by atoms with Crippen molar-refractivity contribution in [2.45, 2.75) is 25.4 Å². The molecule has 0 saturated carbocycles. The predicted octanol–water partition coefficient (Wildman–Crippen LogP) is 0.00260. The standard InChI is InChI=1S/C12H20N2O5/c1-9-7-18-4-2-13(9)12(17)14-3-5-19-8-10(14)6-11(15)16/h9-10H,2-8H2,1H3,(H,15,16). The minimum absolute atomic E-state index is 0.0228. The fourth-order valence-electron chi connectivity index (χ4n) is 2.45. The Labute approximate surface area is 112 Å². The van der Waals surface area contributed by atoms with Crippen LogP contribution in [0, 0.1) is 0 Å². The van der Waals surface area contributed by atoms with Gasteiger partial charge in [0.1, 0.15) is 0 Å². The largest absolute Gasteiger partial charge is 0.481 e. The van der Waals surface area contributed by atoms with Crippen molar-refractivity contribution in [3.63, 3.8) is 0 Å². The molecule has 2 fully saturated rings. The second-order valence-corrected chi connectivity index (χ2v) is 4.92. The van der Waals surface area contributed by atoms with Gasteiger partial charge in [0, 0.05) is 13.1 Å². The molecule has 19 heavy (non-hydrogen) atoms. The van der Waals surface area contributed by atoms with E-state index in [4.69, 9.17) is 14.6 Å². The zero-order chi connectivity index (χ0) is 13.8. The second-order valence-electron chi connectivity index (χ2n) is 4.92. The molecular formula is C12H20N2O5. The van der Waals surface area contributed by atoms with E-state index in [2.05, 4.69) is 0 Å². The van der Waals surface area contributed by atoms with Crippen molar-refractivity contribution in [3.8, 4) is 0 Å². The van der Waals surface area contributed by atoms with Gasteiger partial charge in [-0.05, 0) is 6.92 Å². The first-order valence-electron chi connectivity index (χ1n) is 6.54. The number of carbonyl (C=O) groups excluding carboxylic acids is 1. The van der Waals surface area contributed by atoms with Gasteiger partial charge in [0.15, 0.2) is 0 Å². The molecule has 2 amide bonds. The van der Waals surface area contributed by atoms with E-state index in [9.17, 15) is 9.59 Å². The monoisotopic (exact) mass is 272 g/mol. The van der Waals surface area contributed by atoms with Gasteiger partial charge in [-0.3, -0.25) is 4.79 Å². The van der Waals surface area contributed by atoms with Crippen LogP contribution in [0.5, 0.6) is 0 Å². The third-order valence-corrected chi connectivity index (χ3v) is 3.50. The number of aliphatic carboxylic acids is 1. The van der Waals surface area contributed by atoms with Crippen LogP contribution in [0.25, 0.3) is 0 Å². The summed E-state index contributed by atoms with van der Waals surface area (Å²) in [5.41, 5.74) is 0. The number of morpholine rings is 2. The number of carboxylic acid groups (broad SMARTS) is 1. The summed E-state index contributed by atoms with van der Waals surface area (Å²) in [4.78, 5) is 26.7. The summed E-state index contributed by atoms with van der Waals surface area (Å²) >= 11 is 0. The van der Waals surface area contributed by atoms with E-state index in [0.29, 0.717) is 32.9 Å². The first-order valence-corrected chi connectivity index (χ1v) is 6.54. The molecule has 7 heteroatoms. The minimum Gasteiger partial charge on any atom is -0.481 e. The molecule has 2 unspecified atom stereocenters. The Morgan fingerprint density at radius 1 is 1.16 bits per heavy atom. The van der Waals surface area contributed by atoms with Crippen molar-refractivity contribution in [1.29, 1.82) is 0 Å². The highest BCUT2D eigenvalue weighted by molar-refractivity contribution is 5.76. The molecule has 2 rings (SSSR count). The number of nitrogens with zero attached hydrogens (tertiary/aromatic N) is 2. The van der Waals surface area contributed by atoms with Gasteiger partial charge in [-0.25, -0.2) is 4.79 Å². The molecule has 0 aromatic rings. The summed E-state index contributed by atoms with van der Waals surface area (Å²) in [6, 6.07) is -0.464. The quantitative estimate of drug-likeness (QED) is 0.765. The summed E-state index contributed by atoms with van der Waals surface area (Å²) in [7, 11) is 0. The normalized spacial score (nSPS) is 28.3. The van der Waals surface area contributed by atoms with Crippen LogP contribution in [0.3, 0.4) is 0 Å². The van der Waals surface area contributed by atoms with Crippen LogP contribution >= 0.6 is 0 Å². The topological polar surface area (TPSA) is 79.3 Å². The highest BCUT2D eigenvalue weighted by Crippen LogP contribution is 2.16. The molecular weight excluding hydrogens is 252 g/mol. The molecule has 7 nitrogen and oxygen atoms in total. The number of amides is 2. The van der Waals surface area contributed by atoms with Crippen molar-refractivity contribution in [1.82, 2.24) is 9.80 Å². The Hall–Kier alpha value is -1.34. The van der Waals surface area contributed by atoms with Gasteiger partial charge < -0.3 is 24.4 Å². The molecule has 1 N–H and O–H groups in total. The Morgan fingerprint density at radius 2 is 1.79 bits per heavy atom. The third kappa shape index (κ3) is 3.36. The molecule has 0 aliphatic carbocycles. The first-order chi connectivity index (χ1) is 9.09. The van der Waals surface area contributed by atoms with Gasteiger partial charge in [0.05, 0.1) is 44.9 Å². The highest BCUT2D eigenvalue weighted by Gasteiger charge is 2.34. The van der Waals surface area contributed by atoms with E-state index < -0.39 is 5.97 Å². The van der Waals surface area contributed by atoms with Crippen molar-refractivity contribution >= 4 is 12.0 Å². The van der Waals surface area contributed by atoms with Crippen LogP contribution in [0.2, 0.25) is 0 Å². The molecule has 0 bridgehead atoms. The molecule has 2 atom stereocenters. The summed E-state index contributed by atoms with van der Waals surface area (Å²) < 4.78 is 10.6. The summed E-state index contributed by atoms with van der Waals surface area (Å²) in [6.45, 7) is 4.74. The summed E-state index contributed by atoms with van der Waals surface area (Å²) in [6.07, 6.45) is -0.0789. The number of hydrogen-bond acceptors (Lipinski definition) is 4. The van der Waals surface area contributed by atoms with Crippen molar-refractivity contribution in [2.24, 2.45) is 0 Å². The van der Waals surface area contributed by atoms with E-state index in [0.717, 1.165) is 0 Å². The lowest BCUT2D eigenvalue weighted by atomic mass is 10.1. The minimum atomic E-state index is -0.914. The highest BCUT2D eigenvalue weighted by atomic mass is 16.5. The van der Waals surface area contributed by atoms with Gasteiger partial charge >= 0.3 is 12.0 Å². The molecule has 2 aliphatic rings. The van der Waals surface area contributed by atoms with E-state index in [1.807, 2.05) is 6.92 Å². The number of carboxylic acids is 1. The van der Waals surface area contributed by atoms with E-state index in [-0.39, 0.29) is 31.1 Å². The predicted molar refractivity (Wildman–Crippen MR) is 65.9 cm³/mol. The average Bonchev–Trinajstić information content (AvgIpc) is 2.38. The maximum absolute atomic E-state index is 12.5. The fraction of sp³-hybridized carbons (Fsp3) is 0.833. The lowest BCUT2D eigenvalue weighted by molar-refractivity contribution is -0.139. The molecule has 0 aromatic carbocycles. The second kappa shape index (κ2) is 6.21. The van der Waals surface area contributed by atoms with Crippen LogP contribution in [0.15, 0.2) is 0 Å². The maximum atomic E-state index is 12.5.